The van der Waals surface area contributed by atoms with Crippen LogP contribution < -0.4 is 10.6 Å². The normalized spacial score (nSPS) is 16.0. The van der Waals surface area contributed by atoms with Crippen molar-refractivity contribution in [1.29, 1.82) is 0 Å². The molecule has 1 aliphatic rings. The van der Waals surface area contributed by atoms with E-state index in [-0.39, 0.29) is 24.0 Å². The lowest BCUT2D eigenvalue weighted by Gasteiger charge is -2.26. The van der Waals surface area contributed by atoms with Crippen LogP contribution in [-0.4, -0.2) is 46.8 Å². The van der Waals surface area contributed by atoms with Gasteiger partial charge < -0.3 is 10.6 Å². The molecule has 0 radical (unpaired) electrons. The number of aliphatic imine (C=N–C) groups is 1. The highest BCUT2D eigenvalue weighted by Gasteiger charge is 2.10. The third-order valence-electron chi connectivity index (χ3n) is 5.32. The molecule has 7 heteroatoms. The summed E-state index contributed by atoms with van der Waals surface area (Å²) >= 11 is 0. The van der Waals surface area contributed by atoms with Gasteiger partial charge in [-0.15, -0.1) is 24.0 Å². The molecule has 166 valence electrons. The van der Waals surface area contributed by atoms with Gasteiger partial charge in [0.05, 0.1) is 6.54 Å². The van der Waals surface area contributed by atoms with Gasteiger partial charge in [-0.25, -0.2) is 4.99 Å². The third-order valence-corrected chi connectivity index (χ3v) is 5.32. The van der Waals surface area contributed by atoms with Gasteiger partial charge >= 0.3 is 0 Å². The third kappa shape index (κ3) is 8.63. The van der Waals surface area contributed by atoms with Gasteiger partial charge in [-0.05, 0) is 56.0 Å². The fraction of sp³-hybridized carbons (Fsp3) is 0.565. The number of rotatable bonds is 9. The Hall–Kier alpha value is -1.61. The molecule has 30 heavy (non-hydrogen) atoms. The second-order valence-electron chi connectivity index (χ2n) is 8.06. The standard InChI is InChI=1S/C23H36N6.HI/c1-3-24-23(25-16-20(2)18-29-15-7-12-27-29)26-17-21-8-10-22(11-9-21)19-28-13-5-4-6-14-28;/h7-12,15,20H,3-6,13-14,16-19H2,1-2H3,(H2,24,25,26);1H. The highest BCUT2D eigenvalue weighted by molar-refractivity contribution is 14.0. The minimum absolute atomic E-state index is 0. The van der Waals surface area contributed by atoms with Crippen molar-refractivity contribution < 1.29 is 0 Å². The van der Waals surface area contributed by atoms with Crippen LogP contribution >= 0.6 is 24.0 Å². The lowest BCUT2D eigenvalue weighted by molar-refractivity contribution is 0.221. The Morgan fingerprint density at radius 3 is 2.50 bits per heavy atom. The van der Waals surface area contributed by atoms with Crippen molar-refractivity contribution in [2.75, 3.05) is 26.2 Å². The fourth-order valence-corrected chi connectivity index (χ4v) is 3.70. The number of halogens is 1. The van der Waals surface area contributed by atoms with Crippen molar-refractivity contribution in [3.05, 3.63) is 53.9 Å². The minimum atomic E-state index is 0. The first kappa shape index (κ1) is 24.7. The first-order valence-corrected chi connectivity index (χ1v) is 11.0. The van der Waals surface area contributed by atoms with Crippen LogP contribution in [0.1, 0.15) is 44.2 Å². The van der Waals surface area contributed by atoms with Gasteiger partial charge in [0.1, 0.15) is 0 Å². The van der Waals surface area contributed by atoms with E-state index in [4.69, 9.17) is 4.99 Å². The zero-order chi connectivity index (χ0) is 20.3. The molecule has 2 N–H and O–H groups in total. The fourth-order valence-electron chi connectivity index (χ4n) is 3.70. The van der Waals surface area contributed by atoms with E-state index in [2.05, 4.69) is 58.7 Å². The Morgan fingerprint density at radius 1 is 1.10 bits per heavy atom. The number of likely N-dealkylation sites (tertiary alicyclic amines) is 1. The molecular weight excluding hydrogens is 487 g/mol. The summed E-state index contributed by atoms with van der Waals surface area (Å²) in [6, 6.07) is 10.9. The quantitative estimate of drug-likeness (QED) is 0.297. The van der Waals surface area contributed by atoms with Crippen molar-refractivity contribution in [3.8, 4) is 0 Å². The van der Waals surface area contributed by atoms with E-state index in [0.29, 0.717) is 12.5 Å². The molecule has 0 amide bonds. The number of hydrogen-bond acceptors (Lipinski definition) is 3. The predicted molar refractivity (Wildman–Crippen MR) is 135 cm³/mol. The van der Waals surface area contributed by atoms with Crippen molar-refractivity contribution in [3.63, 3.8) is 0 Å². The van der Waals surface area contributed by atoms with E-state index in [1.165, 1.54) is 43.5 Å². The van der Waals surface area contributed by atoms with Crippen molar-refractivity contribution in [1.82, 2.24) is 25.3 Å². The minimum Gasteiger partial charge on any atom is -0.357 e. The van der Waals surface area contributed by atoms with E-state index in [1.807, 2.05) is 23.1 Å². The number of nitrogens with zero attached hydrogens (tertiary/aromatic N) is 4. The number of aromatic nitrogens is 2. The highest BCUT2D eigenvalue weighted by Crippen LogP contribution is 2.14. The Labute approximate surface area is 198 Å². The Balaban J connectivity index is 0.00000320. The topological polar surface area (TPSA) is 57.5 Å². The summed E-state index contributed by atoms with van der Waals surface area (Å²) in [5.74, 6) is 1.34. The summed E-state index contributed by atoms with van der Waals surface area (Å²) in [5, 5.41) is 11.1. The zero-order valence-electron chi connectivity index (χ0n) is 18.4. The molecule has 0 bridgehead atoms. The lowest BCUT2D eigenvalue weighted by Crippen LogP contribution is -2.40. The number of nitrogens with one attached hydrogen (secondary N) is 2. The molecular formula is C23H37IN6. The molecule has 1 saturated heterocycles. The molecule has 0 saturated carbocycles. The second kappa shape index (κ2) is 13.6. The smallest absolute Gasteiger partial charge is 0.191 e. The average molecular weight is 524 g/mol. The summed E-state index contributed by atoms with van der Waals surface area (Å²) in [6.07, 6.45) is 7.90. The van der Waals surface area contributed by atoms with Gasteiger partial charge in [0.25, 0.3) is 0 Å². The second-order valence-corrected chi connectivity index (χ2v) is 8.06. The largest absolute Gasteiger partial charge is 0.357 e. The van der Waals surface area contributed by atoms with Gasteiger partial charge in [-0.3, -0.25) is 9.58 Å². The predicted octanol–water partition coefficient (Wildman–Crippen LogP) is 3.88. The first-order chi connectivity index (χ1) is 14.2. The monoisotopic (exact) mass is 524 g/mol. The summed E-state index contributed by atoms with van der Waals surface area (Å²) in [6.45, 7) is 11.2. The first-order valence-electron chi connectivity index (χ1n) is 11.0. The summed E-state index contributed by atoms with van der Waals surface area (Å²) in [4.78, 5) is 7.32. The number of hydrogen-bond donors (Lipinski definition) is 2. The van der Waals surface area contributed by atoms with Crippen LogP contribution in [0.15, 0.2) is 47.7 Å². The molecule has 1 fully saturated rings. The summed E-state index contributed by atoms with van der Waals surface area (Å²) in [5.41, 5.74) is 2.64. The maximum Gasteiger partial charge on any atom is 0.191 e. The van der Waals surface area contributed by atoms with Crippen molar-refractivity contribution in [2.24, 2.45) is 10.9 Å². The van der Waals surface area contributed by atoms with Crippen LogP contribution in [-0.2, 0) is 19.6 Å². The van der Waals surface area contributed by atoms with E-state index in [1.54, 1.807) is 0 Å². The summed E-state index contributed by atoms with van der Waals surface area (Å²) in [7, 11) is 0. The Bertz CT molecular complexity index is 723. The SMILES string of the molecule is CCNC(=NCc1ccc(CN2CCCCC2)cc1)NCC(C)Cn1cccn1.I. The van der Waals surface area contributed by atoms with Crippen LogP contribution in [0.4, 0.5) is 0 Å². The molecule has 1 aliphatic heterocycles. The molecule has 2 heterocycles. The van der Waals surface area contributed by atoms with Gasteiger partial charge in [0, 0.05) is 38.6 Å². The molecule has 1 aromatic carbocycles. The van der Waals surface area contributed by atoms with Gasteiger partial charge in [0.2, 0.25) is 0 Å². The number of guanidine groups is 1. The van der Waals surface area contributed by atoms with Crippen LogP contribution in [0, 0.1) is 5.92 Å². The van der Waals surface area contributed by atoms with E-state index >= 15 is 0 Å². The summed E-state index contributed by atoms with van der Waals surface area (Å²) < 4.78 is 1.97. The molecule has 6 nitrogen and oxygen atoms in total. The van der Waals surface area contributed by atoms with Crippen LogP contribution in [0.3, 0.4) is 0 Å². The number of benzene rings is 1. The molecule has 1 unspecified atom stereocenters. The molecule has 3 rings (SSSR count). The molecule has 2 aromatic rings. The van der Waals surface area contributed by atoms with Crippen LogP contribution in [0.25, 0.3) is 0 Å². The Kier molecular flexibility index (Phi) is 11.2. The average Bonchev–Trinajstić information content (AvgIpc) is 3.25. The maximum atomic E-state index is 4.76. The molecule has 1 atom stereocenters. The Morgan fingerprint density at radius 2 is 1.83 bits per heavy atom. The number of piperidine rings is 1. The van der Waals surface area contributed by atoms with Gasteiger partial charge in [0.15, 0.2) is 5.96 Å². The van der Waals surface area contributed by atoms with Crippen molar-refractivity contribution >= 4 is 29.9 Å². The lowest BCUT2D eigenvalue weighted by atomic mass is 10.1. The van der Waals surface area contributed by atoms with Crippen LogP contribution in [0.2, 0.25) is 0 Å². The van der Waals surface area contributed by atoms with Crippen molar-refractivity contribution in [2.45, 2.75) is 52.7 Å². The van der Waals surface area contributed by atoms with Crippen LogP contribution in [0.5, 0.6) is 0 Å². The van der Waals surface area contributed by atoms with E-state index in [0.717, 1.165) is 32.1 Å². The van der Waals surface area contributed by atoms with Gasteiger partial charge in [-0.2, -0.15) is 5.10 Å². The molecule has 0 spiro atoms. The van der Waals surface area contributed by atoms with E-state index < -0.39 is 0 Å². The maximum absolute atomic E-state index is 4.76. The molecule has 0 aliphatic carbocycles. The van der Waals surface area contributed by atoms with Gasteiger partial charge in [-0.1, -0.05) is 37.6 Å². The highest BCUT2D eigenvalue weighted by atomic mass is 127. The molecule has 1 aromatic heterocycles. The van der Waals surface area contributed by atoms with E-state index in [9.17, 15) is 0 Å². The zero-order valence-corrected chi connectivity index (χ0v) is 20.7.